The molecular formula is C57H29F3N4O2. The lowest BCUT2D eigenvalue weighted by molar-refractivity contribution is -0.137. The summed E-state index contributed by atoms with van der Waals surface area (Å²) >= 11 is 0. The monoisotopic (exact) mass is 858 g/mol. The predicted octanol–water partition coefficient (Wildman–Crippen LogP) is 15.8. The molecule has 0 fully saturated rings. The minimum atomic E-state index is -4.68. The predicted molar refractivity (Wildman–Crippen MR) is 255 cm³/mol. The van der Waals surface area contributed by atoms with Crippen LogP contribution in [-0.2, 0) is 6.18 Å². The topological polar surface area (TPSA) is 83.7 Å². The highest BCUT2D eigenvalue weighted by Gasteiger charge is 2.33. The molecule has 0 aliphatic rings. The fourth-order valence-electron chi connectivity index (χ4n) is 10.3. The number of para-hydroxylation sites is 4. The summed E-state index contributed by atoms with van der Waals surface area (Å²) in [6, 6.07) is 59.2. The molecule has 0 N–H and O–H groups in total. The van der Waals surface area contributed by atoms with Crippen LogP contribution in [0.15, 0.2) is 185 Å². The smallest absolute Gasteiger partial charge is 0.416 e. The van der Waals surface area contributed by atoms with E-state index in [1.54, 1.807) is 6.07 Å². The lowest BCUT2D eigenvalue weighted by Crippen LogP contribution is -2.07. The second-order valence-corrected chi connectivity index (χ2v) is 16.5. The molecule has 9 heteroatoms. The number of nitrogens with zero attached hydrogens (tertiary/aromatic N) is 4. The number of alkyl halides is 3. The first-order valence-electron chi connectivity index (χ1n) is 21.3. The van der Waals surface area contributed by atoms with Crippen LogP contribution in [0.1, 0.15) is 16.7 Å². The lowest BCUT2D eigenvalue weighted by Gasteiger charge is -2.23. The Morgan fingerprint density at radius 3 is 1.45 bits per heavy atom. The standard InChI is InChI=1S/C57H29F3N4O2/c58-57(59,60)34-23-24-35(33(29-34)31-62)38-16-10-20-46(64-44-18-6-2-15-42(44)54-48(64)28-26-40-37-13-4-8-22-50(37)66-56(40)54)52(38)51-32(30-61)11-9-19-45(51)63-43-17-5-1-14-41(43)53-47(63)27-25-39-36-12-3-7-21-49(36)65-55(39)53/h1-29H. The molecule has 0 saturated carbocycles. The summed E-state index contributed by atoms with van der Waals surface area (Å²) < 4.78 is 60.3. The molecule has 310 valence electrons. The molecule has 0 unspecified atom stereocenters. The van der Waals surface area contributed by atoms with Crippen molar-refractivity contribution >= 4 is 87.5 Å². The molecule has 6 nitrogen and oxygen atoms in total. The van der Waals surface area contributed by atoms with Gasteiger partial charge in [-0.1, -0.05) is 97.1 Å². The zero-order valence-corrected chi connectivity index (χ0v) is 34.5. The van der Waals surface area contributed by atoms with Crippen LogP contribution in [0, 0.1) is 22.7 Å². The van der Waals surface area contributed by atoms with E-state index in [0.29, 0.717) is 33.6 Å². The normalized spacial score (nSPS) is 12.1. The van der Waals surface area contributed by atoms with Crippen LogP contribution in [-0.4, -0.2) is 9.13 Å². The van der Waals surface area contributed by atoms with Crippen molar-refractivity contribution in [3.63, 3.8) is 0 Å². The van der Waals surface area contributed by atoms with E-state index >= 15 is 0 Å². The van der Waals surface area contributed by atoms with Gasteiger partial charge in [-0.3, -0.25) is 0 Å². The maximum atomic E-state index is 14.3. The Bertz CT molecular complexity index is 4320. The molecule has 0 spiro atoms. The number of furan rings is 2. The highest BCUT2D eigenvalue weighted by molar-refractivity contribution is 6.25. The lowest BCUT2D eigenvalue weighted by atomic mass is 9.87. The van der Waals surface area contributed by atoms with Crippen molar-refractivity contribution < 1.29 is 22.0 Å². The Morgan fingerprint density at radius 1 is 0.409 bits per heavy atom. The van der Waals surface area contributed by atoms with Crippen molar-refractivity contribution in [1.82, 2.24) is 9.13 Å². The van der Waals surface area contributed by atoms with Gasteiger partial charge in [-0.2, -0.15) is 23.7 Å². The maximum absolute atomic E-state index is 14.3. The minimum absolute atomic E-state index is 0.158. The summed E-state index contributed by atoms with van der Waals surface area (Å²) in [5.41, 5.74) is 8.65. The molecule has 0 saturated heterocycles. The minimum Gasteiger partial charge on any atom is -0.455 e. The van der Waals surface area contributed by atoms with Gasteiger partial charge < -0.3 is 18.0 Å². The van der Waals surface area contributed by atoms with E-state index < -0.39 is 11.7 Å². The Morgan fingerprint density at radius 2 is 0.909 bits per heavy atom. The SMILES string of the molecule is N#Cc1cc(C(F)(F)F)ccc1-c1cccc(-n2c3ccccc3c3c4oc5ccccc5c4ccc32)c1-c1c(C#N)cccc1-n1c2ccccc2c2c3oc4ccccc4c3ccc21. The summed E-state index contributed by atoms with van der Waals surface area (Å²) in [6.07, 6.45) is -4.68. The number of nitriles is 2. The van der Waals surface area contributed by atoms with E-state index in [1.165, 1.54) is 6.07 Å². The first-order valence-corrected chi connectivity index (χ1v) is 21.3. The van der Waals surface area contributed by atoms with E-state index in [1.807, 2.05) is 115 Å². The number of hydrogen-bond acceptors (Lipinski definition) is 4. The van der Waals surface area contributed by atoms with Crippen molar-refractivity contribution in [2.24, 2.45) is 0 Å². The second kappa shape index (κ2) is 13.7. The largest absolute Gasteiger partial charge is 0.455 e. The molecule has 4 heterocycles. The van der Waals surface area contributed by atoms with Crippen LogP contribution in [0.2, 0.25) is 0 Å². The van der Waals surface area contributed by atoms with Crippen molar-refractivity contribution in [3.8, 4) is 45.8 Å². The van der Waals surface area contributed by atoms with Gasteiger partial charge in [0, 0.05) is 49.0 Å². The van der Waals surface area contributed by atoms with Crippen LogP contribution >= 0.6 is 0 Å². The molecule has 0 atom stereocenters. The van der Waals surface area contributed by atoms with E-state index in [4.69, 9.17) is 8.83 Å². The average molecular weight is 859 g/mol. The maximum Gasteiger partial charge on any atom is 0.416 e. The molecule has 4 aromatic heterocycles. The van der Waals surface area contributed by atoms with Crippen molar-refractivity contribution in [1.29, 1.82) is 10.5 Å². The first-order chi connectivity index (χ1) is 32.3. The number of aromatic nitrogens is 2. The average Bonchev–Trinajstić information content (AvgIpc) is 4.10. The van der Waals surface area contributed by atoms with Gasteiger partial charge in [-0.05, 0) is 84.4 Å². The highest BCUT2D eigenvalue weighted by atomic mass is 19.4. The van der Waals surface area contributed by atoms with Gasteiger partial charge in [0.15, 0.2) is 0 Å². The van der Waals surface area contributed by atoms with Crippen LogP contribution in [0.25, 0.3) is 121 Å². The molecule has 0 aliphatic heterocycles. The van der Waals surface area contributed by atoms with Gasteiger partial charge in [-0.25, -0.2) is 0 Å². The molecular weight excluding hydrogens is 830 g/mol. The quantitative estimate of drug-likeness (QED) is 0.176. The molecule has 9 aromatic carbocycles. The summed E-state index contributed by atoms with van der Waals surface area (Å²) in [5, 5.41) is 29.4. The van der Waals surface area contributed by atoms with Gasteiger partial charge in [-0.15, -0.1) is 0 Å². The Balaban J connectivity index is 1.20. The zero-order chi connectivity index (χ0) is 44.4. The number of benzene rings is 9. The first kappa shape index (κ1) is 37.5. The zero-order valence-electron chi connectivity index (χ0n) is 34.5. The molecule has 13 aromatic rings. The number of fused-ring (bicyclic) bond motifs is 14. The number of hydrogen-bond donors (Lipinski definition) is 0. The van der Waals surface area contributed by atoms with Gasteiger partial charge in [0.1, 0.15) is 22.3 Å². The molecule has 13 rings (SSSR count). The van der Waals surface area contributed by atoms with Crippen molar-refractivity contribution in [2.75, 3.05) is 0 Å². The third kappa shape index (κ3) is 5.17. The van der Waals surface area contributed by atoms with Gasteiger partial charge in [0.05, 0.1) is 73.0 Å². The van der Waals surface area contributed by atoms with Crippen LogP contribution in [0.4, 0.5) is 13.2 Å². The molecule has 0 amide bonds. The van der Waals surface area contributed by atoms with Gasteiger partial charge in [0.25, 0.3) is 0 Å². The number of halogens is 3. The Labute approximate surface area is 372 Å². The van der Waals surface area contributed by atoms with Gasteiger partial charge in [0.2, 0.25) is 0 Å². The van der Waals surface area contributed by atoms with Crippen molar-refractivity contribution in [3.05, 3.63) is 193 Å². The van der Waals surface area contributed by atoms with Crippen molar-refractivity contribution in [2.45, 2.75) is 6.18 Å². The molecule has 0 radical (unpaired) electrons. The molecule has 0 aliphatic carbocycles. The van der Waals surface area contributed by atoms with Gasteiger partial charge >= 0.3 is 6.18 Å². The fourth-order valence-corrected chi connectivity index (χ4v) is 10.3. The molecule has 66 heavy (non-hydrogen) atoms. The van der Waals surface area contributed by atoms with E-state index in [0.717, 1.165) is 99.6 Å². The Hall–Kier alpha value is -9.05. The summed E-state index contributed by atoms with van der Waals surface area (Å²) in [5.74, 6) is 0. The van der Waals surface area contributed by atoms with E-state index in [2.05, 4.69) is 57.7 Å². The summed E-state index contributed by atoms with van der Waals surface area (Å²) in [6.45, 7) is 0. The van der Waals surface area contributed by atoms with E-state index in [-0.39, 0.29) is 11.1 Å². The van der Waals surface area contributed by atoms with E-state index in [9.17, 15) is 23.7 Å². The van der Waals surface area contributed by atoms with Crippen LogP contribution < -0.4 is 0 Å². The molecule has 0 bridgehead atoms. The van der Waals surface area contributed by atoms with Crippen LogP contribution in [0.3, 0.4) is 0 Å². The summed E-state index contributed by atoms with van der Waals surface area (Å²) in [7, 11) is 0. The number of rotatable bonds is 4. The highest BCUT2D eigenvalue weighted by Crippen LogP contribution is 2.49. The fraction of sp³-hybridized carbons (Fsp3) is 0.0175. The second-order valence-electron chi connectivity index (χ2n) is 16.5. The Kier molecular flexibility index (Phi) is 7.80. The third-order valence-corrected chi connectivity index (χ3v) is 13.1. The summed E-state index contributed by atoms with van der Waals surface area (Å²) in [4.78, 5) is 0. The third-order valence-electron chi connectivity index (χ3n) is 13.1. The van der Waals surface area contributed by atoms with Crippen LogP contribution in [0.5, 0.6) is 0 Å².